The lowest BCUT2D eigenvalue weighted by Crippen LogP contribution is -2.33. The van der Waals surface area contributed by atoms with Crippen molar-refractivity contribution in [2.75, 3.05) is 13.1 Å². The Morgan fingerprint density at radius 2 is 2.22 bits per heavy atom. The zero-order valence-corrected chi connectivity index (χ0v) is 10.7. The van der Waals surface area contributed by atoms with Crippen LogP contribution in [0.4, 0.5) is 0 Å². The number of pyridine rings is 1. The van der Waals surface area contributed by atoms with Crippen molar-refractivity contribution in [3.05, 3.63) is 30.1 Å². The molecular weight excluding hydrogens is 226 g/mol. The first-order valence-corrected chi connectivity index (χ1v) is 6.63. The molecule has 18 heavy (non-hydrogen) atoms. The SMILES string of the molecule is NC(=O)CCC1CCN(Cc2cccnc2)CC1. The minimum atomic E-state index is -0.173. The molecule has 1 aliphatic heterocycles. The highest BCUT2D eigenvalue weighted by Gasteiger charge is 2.19. The van der Waals surface area contributed by atoms with E-state index in [1.807, 2.05) is 12.3 Å². The van der Waals surface area contributed by atoms with E-state index in [1.54, 1.807) is 6.20 Å². The summed E-state index contributed by atoms with van der Waals surface area (Å²) in [6.07, 6.45) is 7.57. The summed E-state index contributed by atoms with van der Waals surface area (Å²) in [6, 6.07) is 4.10. The first-order valence-electron chi connectivity index (χ1n) is 6.63. The molecule has 0 atom stereocenters. The van der Waals surface area contributed by atoms with Gasteiger partial charge in [-0.05, 0) is 49.9 Å². The van der Waals surface area contributed by atoms with Crippen LogP contribution in [0.2, 0.25) is 0 Å². The second-order valence-electron chi connectivity index (χ2n) is 5.09. The van der Waals surface area contributed by atoms with E-state index in [-0.39, 0.29) is 5.91 Å². The van der Waals surface area contributed by atoms with Crippen LogP contribution in [-0.2, 0) is 11.3 Å². The van der Waals surface area contributed by atoms with Crippen LogP contribution < -0.4 is 5.73 Å². The van der Waals surface area contributed by atoms with E-state index in [2.05, 4.69) is 16.0 Å². The summed E-state index contributed by atoms with van der Waals surface area (Å²) < 4.78 is 0. The van der Waals surface area contributed by atoms with Crippen LogP contribution in [-0.4, -0.2) is 28.9 Å². The molecule has 2 N–H and O–H groups in total. The van der Waals surface area contributed by atoms with Gasteiger partial charge in [0.2, 0.25) is 5.91 Å². The molecular formula is C14H21N3O. The summed E-state index contributed by atoms with van der Waals surface area (Å²) in [6.45, 7) is 3.20. The van der Waals surface area contributed by atoms with Gasteiger partial charge in [-0.1, -0.05) is 6.07 Å². The number of aromatic nitrogens is 1. The molecule has 1 saturated heterocycles. The number of nitrogens with zero attached hydrogens (tertiary/aromatic N) is 2. The summed E-state index contributed by atoms with van der Waals surface area (Å²) in [5, 5.41) is 0. The van der Waals surface area contributed by atoms with E-state index in [0.29, 0.717) is 12.3 Å². The fourth-order valence-corrected chi connectivity index (χ4v) is 2.53. The van der Waals surface area contributed by atoms with Gasteiger partial charge in [-0.2, -0.15) is 0 Å². The lowest BCUT2D eigenvalue weighted by molar-refractivity contribution is -0.118. The topological polar surface area (TPSA) is 59.2 Å². The minimum absolute atomic E-state index is 0.173. The molecule has 4 heteroatoms. The van der Waals surface area contributed by atoms with Gasteiger partial charge in [0, 0.05) is 25.4 Å². The largest absolute Gasteiger partial charge is 0.370 e. The predicted octanol–water partition coefficient (Wildman–Crippen LogP) is 1.56. The first kappa shape index (κ1) is 13.0. The van der Waals surface area contributed by atoms with Crippen molar-refractivity contribution in [2.24, 2.45) is 11.7 Å². The maximum absolute atomic E-state index is 10.8. The maximum atomic E-state index is 10.8. The first-order chi connectivity index (χ1) is 8.74. The van der Waals surface area contributed by atoms with Crippen molar-refractivity contribution < 1.29 is 4.79 Å². The molecule has 98 valence electrons. The van der Waals surface area contributed by atoms with Gasteiger partial charge >= 0.3 is 0 Å². The van der Waals surface area contributed by atoms with Crippen LogP contribution in [0.1, 0.15) is 31.2 Å². The quantitative estimate of drug-likeness (QED) is 0.859. The fraction of sp³-hybridized carbons (Fsp3) is 0.571. The number of hydrogen-bond donors (Lipinski definition) is 1. The highest BCUT2D eigenvalue weighted by molar-refractivity contribution is 5.73. The van der Waals surface area contributed by atoms with E-state index in [1.165, 1.54) is 18.4 Å². The number of piperidine rings is 1. The average molecular weight is 247 g/mol. The van der Waals surface area contributed by atoms with Crippen molar-refractivity contribution in [1.29, 1.82) is 0 Å². The summed E-state index contributed by atoms with van der Waals surface area (Å²) in [5.41, 5.74) is 6.45. The van der Waals surface area contributed by atoms with E-state index in [4.69, 9.17) is 5.73 Å². The van der Waals surface area contributed by atoms with Gasteiger partial charge in [-0.25, -0.2) is 0 Å². The summed E-state index contributed by atoms with van der Waals surface area (Å²) in [4.78, 5) is 17.3. The molecule has 1 aliphatic rings. The number of rotatable bonds is 5. The van der Waals surface area contributed by atoms with Crippen molar-refractivity contribution >= 4 is 5.91 Å². The zero-order chi connectivity index (χ0) is 12.8. The van der Waals surface area contributed by atoms with Crippen LogP contribution in [0.3, 0.4) is 0 Å². The molecule has 0 saturated carbocycles. The van der Waals surface area contributed by atoms with Gasteiger partial charge in [0.05, 0.1) is 0 Å². The van der Waals surface area contributed by atoms with Crippen LogP contribution in [0, 0.1) is 5.92 Å². The molecule has 0 bridgehead atoms. The highest BCUT2D eigenvalue weighted by atomic mass is 16.1. The summed E-state index contributed by atoms with van der Waals surface area (Å²) in [5.74, 6) is 0.496. The van der Waals surface area contributed by atoms with Gasteiger partial charge in [0.1, 0.15) is 0 Å². The Balaban J connectivity index is 1.72. The highest BCUT2D eigenvalue weighted by Crippen LogP contribution is 2.22. The van der Waals surface area contributed by atoms with Gasteiger partial charge in [0.15, 0.2) is 0 Å². The van der Waals surface area contributed by atoms with E-state index < -0.39 is 0 Å². The number of carbonyl (C=O) groups is 1. The second-order valence-corrected chi connectivity index (χ2v) is 5.09. The fourth-order valence-electron chi connectivity index (χ4n) is 2.53. The Kier molecular flexibility index (Phi) is 4.70. The predicted molar refractivity (Wildman–Crippen MR) is 70.7 cm³/mol. The molecule has 1 amide bonds. The standard InChI is InChI=1S/C14H21N3O/c15-14(18)4-3-12-5-8-17(9-6-12)11-13-2-1-7-16-10-13/h1-2,7,10,12H,3-6,8-9,11H2,(H2,15,18). The van der Waals surface area contributed by atoms with Crippen molar-refractivity contribution in [2.45, 2.75) is 32.2 Å². The Morgan fingerprint density at radius 3 is 2.83 bits per heavy atom. The number of carbonyl (C=O) groups excluding carboxylic acids is 1. The molecule has 0 spiro atoms. The maximum Gasteiger partial charge on any atom is 0.217 e. The normalized spacial score (nSPS) is 17.8. The van der Waals surface area contributed by atoms with E-state index >= 15 is 0 Å². The molecule has 0 aliphatic carbocycles. The van der Waals surface area contributed by atoms with Gasteiger partial charge < -0.3 is 5.73 Å². The third kappa shape index (κ3) is 4.11. The average Bonchev–Trinajstić information content (AvgIpc) is 2.39. The molecule has 2 heterocycles. The van der Waals surface area contributed by atoms with Gasteiger partial charge in [-0.3, -0.25) is 14.7 Å². The third-order valence-corrected chi connectivity index (χ3v) is 3.64. The lowest BCUT2D eigenvalue weighted by atomic mass is 9.92. The Bertz CT molecular complexity index is 372. The van der Waals surface area contributed by atoms with Gasteiger partial charge in [-0.15, -0.1) is 0 Å². The molecule has 1 fully saturated rings. The van der Waals surface area contributed by atoms with Crippen LogP contribution in [0.25, 0.3) is 0 Å². The Labute approximate surface area is 108 Å². The van der Waals surface area contributed by atoms with Crippen LogP contribution in [0.15, 0.2) is 24.5 Å². The summed E-state index contributed by atoms with van der Waals surface area (Å²) in [7, 11) is 0. The molecule has 0 radical (unpaired) electrons. The Morgan fingerprint density at radius 1 is 1.44 bits per heavy atom. The second kappa shape index (κ2) is 6.50. The van der Waals surface area contributed by atoms with Crippen molar-refractivity contribution in [3.63, 3.8) is 0 Å². The number of hydrogen-bond acceptors (Lipinski definition) is 3. The van der Waals surface area contributed by atoms with E-state index in [0.717, 1.165) is 26.1 Å². The smallest absolute Gasteiger partial charge is 0.217 e. The number of nitrogens with two attached hydrogens (primary N) is 1. The number of primary amides is 1. The number of likely N-dealkylation sites (tertiary alicyclic amines) is 1. The Hall–Kier alpha value is -1.42. The van der Waals surface area contributed by atoms with E-state index in [9.17, 15) is 4.79 Å². The molecule has 0 unspecified atom stereocenters. The molecule has 1 aromatic heterocycles. The van der Waals surface area contributed by atoms with Crippen molar-refractivity contribution in [1.82, 2.24) is 9.88 Å². The van der Waals surface area contributed by atoms with Crippen LogP contribution >= 0.6 is 0 Å². The summed E-state index contributed by atoms with van der Waals surface area (Å²) >= 11 is 0. The third-order valence-electron chi connectivity index (χ3n) is 3.64. The minimum Gasteiger partial charge on any atom is -0.370 e. The monoisotopic (exact) mass is 247 g/mol. The zero-order valence-electron chi connectivity index (χ0n) is 10.7. The van der Waals surface area contributed by atoms with Gasteiger partial charge in [0.25, 0.3) is 0 Å². The molecule has 1 aromatic rings. The molecule has 4 nitrogen and oxygen atoms in total. The van der Waals surface area contributed by atoms with Crippen molar-refractivity contribution in [3.8, 4) is 0 Å². The molecule has 2 rings (SSSR count). The lowest BCUT2D eigenvalue weighted by Gasteiger charge is -2.31. The molecule has 0 aromatic carbocycles. The number of amides is 1. The van der Waals surface area contributed by atoms with Crippen LogP contribution in [0.5, 0.6) is 0 Å².